The molecule has 2 rings (SSSR count). The third kappa shape index (κ3) is 4.69. The van der Waals surface area contributed by atoms with Crippen LogP contribution in [-0.2, 0) is 4.79 Å². The van der Waals surface area contributed by atoms with E-state index in [0.717, 1.165) is 0 Å². The largest absolute Gasteiger partial charge is 0.350 e. The number of carbonyl (C=O) groups excluding carboxylic acids is 2. The molecular weight excluding hydrogens is 306 g/mol. The van der Waals surface area contributed by atoms with Crippen molar-refractivity contribution in [3.63, 3.8) is 0 Å². The van der Waals surface area contributed by atoms with E-state index in [0.29, 0.717) is 24.9 Å². The number of nitrogens with two attached hydrogens (primary N) is 1. The number of hydrogen-bond acceptors (Lipinski definition) is 4. The lowest BCUT2D eigenvalue weighted by atomic mass is 9.96. The van der Waals surface area contributed by atoms with E-state index in [1.54, 1.807) is 17.0 Å². The number of halogens is 2. The molecule has 0 bridgehead atoms. The lowest BCUT2D eigenvalue weighted by Gasteiger charge is -2.32. The second-order valence-corrected chi connectivity index (χ2v) is 5.60. The number of amides is 2. The fourth-order valence-corrected chi connectivity index (χ4v) is 2.49. The number of likely N-dealkylation sites (tertiary alicyclic amines) is 1. The van der Waals surface area contributed by atoms with Crippen molar-refractivity contribution in [2.45, 2.75) is 18.8 Å². The van der Waals surface area contributed by atoms with E-state index in [2.05, 4.69) is 10.3 Å². The molecule has 3 N–H and O–H groups in total. The van der Waals surface area contributed by atoms with E-state index >= 15 is 0 Å². The van der Waals surface area contributed by atoms with Gasteiger partial charge in [-0.05, 0) is 25.0 Å². The van der Waals surface area contributed by atoms with E-state index < -0.39 is 30.8 Å². The number of nitrogens with zero attached hydrogens (tertiary/aromatic N) is 2. The number of piperidine rings is 1. The molecule has 126 valence electrons. The van der Waals surface area contributed by atoms with Gasteiger partial charge in [-0.15, -0.1) is 0 Å². The fourth-order valence-electron chi connectivity index (χ4n) is 2.49. The lowest BCUT2D eigenvalue weighted by Crippen LogP contribution is -2.48. The van der Waals surface area contributed by atoms with Gasteiger partial charge in [0.25, 0.3) is 11.8 Å². The topological polar surface area (TPSA) is 88.3 Å². The first-order chi connectivity index (χ1) is 10.9. The normalized spacial score (nSPS) is 18.6. The zero-order valence-electron chi connectivity index (χ0n) is 12.7. The molecule has 23 heavy (non-hydrogen) atoms. The first-order valence-electron chi connectivity index (χ1n) is 7.48. The van der Waals surface area contributed by atoms with E-state index in [1.165, 1.54) is 12.4 Å². The molecule has 2 heterocycles. The smallest absolute Gasteiger partial charge is 0.277 e. The molecule has 1 fully saturated rings. The van der Waals surface area contributed by atoms with E-state index in [4.69, 9.17) is 5.73 Å². The molecular formula is C15H20F2N4O2. The summed E-state index contributed by atoms with van der Waals surface area (Å²) in [5.41, 5.74) is 5.43. The number of pyridine rings is 1. The van der Waals surface area contributed by atoms with Gasteiger partial charge in [0.2, 0.25) is 5.91 Å². The minimum Gasteiger partial charge on any atom is -0.350 e. The number of aromatic nitrogens is 1. The minimum absolute atomic E-state index is 0.183. The molecule has 0 radical (unpaired) electrons. The summed E-state index contributed by atoms with van der Waals surface area (Å²) in [6.07, 6.45) is 4.27. The van der Waals surface area contributed by atoms with Gasteiger partial charge in [0.15, 0.2) is 0 Å². The molecule has 6 nitrogen and oxygen atoms in total. The maximum absolute atomic E-state index is 13.1. The number of carbonyl (C=O) groups is 2. The summed E-state index contributed by atoms with van der Waals surface area (Å²) in [5, 5.41) is 2.23. The molecule has 1 aromatic heterocycles. The average Bonchev–Trinajstić information content (AvgIpc) is 2.60. The number of hydrogen-bond donors (Lipinski definition) is 2. The monoisotopic (exact) mass is 326 g/mol. The summed E-state index contributed by atoms with van der Waals surface area (Å²) in [6.45, 7) is -0.827. The van der Waals surface area contributed by atoms with Crippen LogP contribution in [0.4, 0.5) is 8.78 Å². The summed E-state index contributed by atoms with van der Waals surface area (Å²) < 4.78 is 26.2. The van der Waals surface area contributed by atoms with Gasteiger partial charge in [0.05, 0.1) is 19.0 Å². The number of alkyl halides is 2. The van der Waals surface area contributed by atoms with E-state index in [1.807, 2.05) is 0 Å². The van der Waals surface area contributed by atoms with Crippen LogP contribution < -0.4 is 11.1 Å². The van der Waals surface area contributed by atoms with Crippen LogP contribution in [0.5, 0.6) is 0 Å². The van der Waals surface area contributed by atoms with Gasteiger partial charge in [0, 0.05) is 31.0 Å². The molecule has 0 aliphatic carbocycles. The first kappa shape index (κ1) is 17.3. The standard InChI is InChI=1S/C15H20F2N4O2/c16-15(17,9-18)10-20-13(22)12-2-1-7-21(8-12)14(23)11-3-5-19-6-4-11/h3-6,12H,1-2,7-10,18H2,(H,20,22). The summed E-state index contributed by atoms with van der Waals surface area (Å²) in [6, 6.07) is 3.21. The van der Waals surface area contributed by atoms with Crippen molar-refractivity contribution in [1.29, 1.82) is 0 Å². The predicted molar refractivity (Wildman–Crippen MR) is 79.9 cm³/mol. The van der Waals surface area contributed by atoms with Gasteiger partial charge in [-0.25, -0.2) is 8.78 Å². The maximum atomic E-state index is 13.1. The van der Waals surface area contributed by atoms with Crippen LogP contribution in [0.15, 0.2) is 24.5 Å². The Morgan fingerprint density at radius 3 is 2.74 bits per heavy atom. The summed E-state index contributed by atoms with van der Waals surface area (Å²) in [7, 11) is 0. The van der Waals surface area contributed by atoms with Gasteiger partial charge in [-0.1, -0.05) is 0 Å². The quantitative estimate of drug-likeness (QED) is 0.831. The Kier molecular flexibility index (Phi) is 5.59. The maximum Gasteiger partial charge on any atom is 0.277 e. The van der Waals surface area contributed by atoms with Crippen LogP contribution in [0.2, 0.25) is 0 Å². The van der Waals surface area contributed by atoms with Crippen molar-refractivity contribution >= 4 is 11.8 Å². The zero-order chi connectivity index (χ0) is 16.9. The molecule has 0 aromatic carbocycles. The van der Waals surface area contributed by atoms with Gasteiger partial charge < -0.3 is 16.0 Å². The van der Waals surface area contributed by atoms with Crippen molar-refractivity contribution in [3.05, 3.63) is 30.1 Å². The van der Waals surface area contributed by atoms with Gasteiger partial charge in [0.1, 0.15) is 0 Å². The number of rotatable bonds is 5. The second-order valence-electron chi connectivity index (χ2n) is 5.60. The molecule has 1 aliphatic rings. The van der Waals surface area contributed by atoms with Crippen molar-refractivity contribution in [3.8, 4) is 0 Å². The fraction of sp³-hybridized carbons (Fsp3) is 0.533. The molecule has 1 unspecified atom stereocenters. The summed E-state index contributed by atoms with van der Waals surface area (Å²) >= 11 is 0. The Morgan fingerprint density at radius 2 is 2.09 bits per heavy atom. The minimum atomic E-state index is -3.11. The Balaban J connectivity index is 1.93. The molecule has 1 atom stereocenters. The van der Waals surface area contributed by atoms with E-state index in [9.17, 15) is 18.4 Å². The first-order valence-corrected chi connectivity index (χ1v) is 7.48. The second kappa shape index (κ2) is 7.45. The van der Waals surface area contributed by atoms with Gasteiger partial charge >= 0.3 is 0 Å². The van der Waals surface area contributed by atoms with Crippen LogP contribution in [-0.4, -0.2) is 53.8 Å². The highest BCUT2D eigenvalue weighted by molar-refractivity contribution is 5.94. The molecule has 1 aliphatic heterocycles. The Morgan fingerprint density at radius 1 is 1.39 bits per heavy atom. The van der Waals surface area contributed by atoms with Crippen LogP contribution in [0.25, 0.3) is 0 Å². The third-order valence-corrected chi connectivity index (χ3v) is 3.83. The molecule has 8 heteroatoms. The summed E-state index contributed by atoms with van der Waals surface area (Å²) in [4.78, 5) is 29.8. The van der Waals surface area contributed by atoms with Crippen LogP contribution in [0.1, 0.15) is 23.2 Å². The van der Waals surface area contributed by atoms with Gasteiger partial charge in [-0.3, -0.25) is 14.6 Å². The van der Waals surface area contributed by atoms with Crippen molar-refractivity contribution in [2.75, 3.05) is 26.2 Å². The molecule has 1 saturated heterocycles. The highest BCUT2D eigenvalue weighted by atomic mass is 19.3. The summed E-state index contributed by atoms with van der Waals surface area (Å²) in [5.74, 6) is -4.25. The van der Waals surface area contributed by atoms with Gasteiger partial charge in [-0.2, -0.15) is 0 Å². The molecule has 0 saturated carbocycles. The van der Waals surface area contributed by atoms with Crippen molar-refractivity contribution < 1.29 is 18.4 Å². The van der Waals surface area contributed by atoms with E-state index in [-0.39, 0.29) is 12.5 Å². The van der Waals surface area contributed by atoms with Crippen molar-refractivity contribution in [1.82, 2.24) is 15.2 Å². The highest BCUT2D eigenvalue weighted by Gasteiger charge is 2.32. The third-order valence-electron chi connectivity index (χ3n) is 3.83. The van der Waals surface area contributed by atoms with Crippen LogP contribution >= 0.6 is 0 Å². The Hall–Kier alpha value is -2.09. The Bertz CT molecular complexity index is 554. The predicted octanol–water partition coefficient (Wildman–Crippen LogP) is 0.644. The lowest BCUT2D eigenvalue weighted by molar-refractivity contribution is -0.128. The molecule has 1 aromatic rings. The SMILES string of the molecule is NCC(F)(F)CNC(=O)C1CCCN(C(=O)c2ccncc2)C1. The zero-order valence-corrected chi connectivity index (χ0v) is 12.7. The van der Waals surface area contributed by atoms with Crippen molar-refractivity contribution in [2.24, 2.45) is 11.7 Å². The van der Waals surface area contributed by atoms with Crippen LogP contribution in [0, 0.1) is 5.92 Å². The average molecular weight is 326 g/mol. The number of nitrogens with one attached hydrogen (secondary N) is 1. The molecule has 0 spiro atoms. The Labute approximate surface area is 133 Å². The van der Waals surface area contributed by atoms with Crippen LogP contribution in [0.3, 0.4) is 0 Å². The molecule has 2 amide bonds. The highest BCUT2D eigenvalue weighted by Crippen LogP contribution is 2.19.